The molecule has 1 atom stereocenters. The number of ether oxygens (including phenoxy) is 3. The van der Waals surface area contributed by atoms with Crippen LogP contribution in [-0.4, -0.2) is 31.3 Å². The second-order valence-corrected chi connectivity index (χ2v) is 5.36. The first-order valence-corrected chi connectivity index (χ1v) is 7.23. The van der Waals surface area contributed by atoms with Crippen LogP contribution in [0.4, 0.5) is 13.2 Å². The van der Waals surface area contributed by atoms with Gasteiger partial charge in [0.15, 0.2) is 17.6 Å². The maximum Gasteiger partial charge on any atom is 0.425 e. The number of carbonyl (C=O) groups excluding carboxylic acids is 2. The molecule has 0 saturated carbocycles. The van der Waals surface area contributed by atoms with Crippen molar-refractivity contribution in [3.8, 4) is 11.5 Å². The number of rotatable bonds is 6. The minimum absolute atomic E-state index is 0.137. The average Bonchev–Trinajstić information content (AvgIpc) is 2.46. The van der Waals surface area contributed by atoms with E-state index in [2.05, 4.69) is 20.7 Å². The van der Waals surface area contributed by atoms with Crippen molar-refractivity contribution in [2.75, 3.05) is 7.11 Å². The predicted molar refractivity (Wildman–Crippen MR) is 77.2 cm³/mol. The number of hydrogen-bond acceptors (Lipinski definition) is 5. The zero-order valence-electron chi connectivity index (χ0n) is 12.3. The highest BCUT2D eigenvalue weighted by Crippen LogP contribution is 2.30. The molecule has 0 saturated heterocycles. The molecule has 1 unspecified atom stereocenters. The number of alkyl halides is 3. The highest BCUT2D eigenvalue weighted by atomic mass is 79.9. The van der Waals surface area contributed by atoms with Gasteiger partial charge in [-0.25, -0.2) is 0 Å². The lowest BCUT2D eigenvalue weighted by molar-refractivity contribution is -0.216. The van der Waals surface area contributed by atoms with Gasteiger partial charge in [0.1, 0.15) is 0 Å². The first-order chi connectivity index (χ1) is 10.6. The quantitative estimate of drug-likeness (QED) is 0.540. The number of carbonyl (C=O) groups is 2. The van der Waals surface area contributed by atoms with Crippen LogP contribution < -0.4 is 9.47 Å². The summed E-state index contributed by atoms with van der Waals surface area (Å²) in [5, 5.41) is 0. The van der Waals surface area contributed by atoms with Crippen molar-refractivity contribution in [1.29, 1.82) is 0 Å². The zero-order valence-corrected chi connectivity index (χ0v) is 13.9. The lowest BCUT2D eigenvalue weighted by Gasteiger charge is -2.16. The minimum Gasteiger partial charge on any atom is -0.493 e. The van der Waals surface area contributed by atoms with E-state index in [0.29, 0.717) is 17.1 Å². The van der Waals surface area contributed by atoms with Crippen LogP contribution in [0.1, 0.15) is 19.8 Å². The lowest BCUT2D eigenvalue weighted by Crippen LogP contribution is -2.31. The lowest BCUT2D eigenvalue weighted by atomic mass is 10.3. The normalized spacial score (nSPS) is 12.4. The molecule has 9 heteroatoms. The first kappa shape index (κ1) is 19.3. The van der Waals surface area contributed by atoms with E-state index in [1.54, 1.807) is 12.1 Å². The molecule has 0 aromatic heterocycles. The smallest absolute Gasteiger partial charge is 0.425 e. The van der Waals surface area contributed by atoms with Gasteiger partial charge in [-0.15, -0.1) is 0 Å². The van der Waals surface area contributed by atoms with Gasteiger partial charge in [0, 0.05) is 4.47 Å². The maximum atomic E-state index is 12.2. The third-order valence-corrected chi connectivity index (χ3v) is 3.15. The summed E-state index contributed by atoms with van der Waals surface area (Å²) in [5.41, 5.74) is 0. The minimum atomic E-state index is -4.64. The first-order valence-electron chi connectivity index (χ1n) is 6.44. The Bertz CT molecular complexity index is 574. The van der Waals surface area contributed by atoms with E-state index in [-0.39, 0.29) is 5.75 Å². The largest absolute Gasteiger partial charge is 0.493 e. The van der Waals surface area contributed by atoms with E-state index in [1.807, 2.05) is 0 Å². The summed E-state index contributed by atoms with van der Waals surface area (Å²) in [4.78, 5) is 22.9. The highest BCUT2D eigenvalue weighted by Gasteiger charge is 2.39. The molecule has 0 N–H and O–H groups in total. The summed E-state index contributed by atoms with van der Waals surface area (Å²) in [5.74, 6) is -1.49. The molecule has 0 aliphatic heterocycles. The van der Waals surface area contributed by atoms with Crippen molar-refractivity contribution in [1.82, 2.24) is 0 Å². The van der Waals surface area contributed by atoms with E-state index >= 15 is 0 Å². The molecule has 0 radical (unpaired) electrons. The van der Waals surface area contributed by atoms with E-state index in [9.17, 15) is 22.8 Å². The topological polar surface area (TPSA) is 61.8 Å². The van der Waals surface area contributed by atoms with Crippen LogP contribution in [0.3, 0.4) is 0 Å². The van der Waals surface area contributed by atoms with Crippen molar-refractivity contribution in [2.24, 2.45) is 0 Å². The molecule has 0 amide bonds. The number of esters is 2. The Morgan fingerprint density at radius 1 is 1.17 bits per heavy atom. The van der Waals surface area contributed by atoms with Gasteiger partial charge in [-0.3, -0.25) is 9.59 Å². The van der Waals surface area contributed by atoms with Gasteiger partial charge < -0.3 is 14.2 Å². The molecule has 0 fully saturated rings. The Morgan fingerprint density at radius 3 is 2.35 bits per heavy atom. The Balaban J connectivity index is 2.50. The van der Waals surface area contributed by atoms with Gasteiger partial charge in [0.25, 0.3) is 0 Å². The van der Waals surface area contributed by atoms with Gasteiger partial charge in [-0.05, 0) is 25.1 Å². The fraction of sp³-hybridized carbons (Fsp3) is 0.429. The van der Waals surface area contributed by atoms with Gasteiger partial charge in [-0.1, -0.05) is 15.9 Å². The van der Waals surface area contributed by atoms with Gasteiger partial charge >= 0.3 is 18.1 Å². The van der Waals surface area contributed by atoms with Crippen LogP contribution in [0.5, 0.6) is 11.5 Å². The molecule has 0 bridgehead atoms. The summed E-state index contributed by atoms with van der Waals surface area (Å²) < 4.78 is 51.6. The molecular formula is C14H14BrF3O5. The molecule has 128 valence electrons. The van der Waals surface area contributed by atoms with Crippen LogP contribution in [-0.2, 0) is 14.3 Å². The molecule has 1 aromatic rings. The standard InChI is InChI=1S/C14H14BrF3O5/c1-8(14(16,17)18)22-12(19)5-6-13(20)23-10-4-3-9(15)7-11(10)21-2/h3-4,7-8H,5-6H2,1-2H3. The van der Waals surface area contributed by atoms with Crippen molar-refractivity contribution < 1.29 is 37.0 Å². The van der Waals surface area contributed by atoms with E-state index < -0.39 is 37.1 Å². The molecule has 0 heterocycles. The molecular weight excluding hydrogens is 385 g/mol. The second kappa shape index (κ2) is 8.19. The molecule has 0 aliphatic rings. The third-order valence-electron chi connectivity index (χ3n) is 2.65. The fourth-order valence-electron chi connectivity index (χ4n) is 1.43. The number of hydrogen-bond donors (Lipinski definition) is 0. The summed E-state index contributed by atoms with van der Waals surface area (Å²) in [6.07, 6.45) is -7.79. The van der Waals surface area contributed by atoms with Gasteiger partial charge in [0.05, 0.1) is 20.0 Å². The predicted octanol–water partition coefficient (Wildman–Crippen LogP) is 3.64. The van der Waals surface area contributed by atoms with Crippen LogP contribution in [0.25, 0.3) is 0 Å². The summed E-state index contributed by atoms with van der Waals surface area (Å²) in [6.45, 7) is 0.711. The van der Waals surface area contributed by atoms with Crippen molar-refractivity contribution >= 4 is 27.9 Å². The molecule has 1 rings (SSSR count). The molecule has 0 spiro atoms. The van der Waals surface area contributed by atoms with Gasteiger partial charge in [0.2, 0.25) is 0 Å². The maximum absolute atomic E-state index is 12.2. The van der Waals surface area contributed by atoms with Crippen LogP contribution in [0.2, 0.25) is 0 Å². The molecule has 1 aromatic carbocycles. The fourth-order valence-corrected chi connectivity index (χ4v) is 1.77. The summed E-state index contributed by atoms with van der Waals surface area (Å²) in [6, 6.07) is 4.66. The Kier molecular flexibility index (Phi) is 6.86. The summed E-state index contributed by atoms with van der Waals surface area (Å²) in [7, 11) is 1.38. The third kappa shape index (κ3) is 6.47. The monoisotopic (exact) mass is 398 g/mol. The van der Waals surface area contributed by atoms with Crippen LogP contribution in [0.15, 0.2) is 22.7 Å². The van der Waals surface area contributed by atoms with E-state index in [1.165, 1.54) is 13.2 Å². The van der Waals surface area contributed by atoms with Gasteiger partial charge in [-0.2, -0.15) is 13.2 Å². The molecule has 23 heavy (non-hydrogen) atoms. The second-order valence-electron chi connectivity index (χ2n) is 4.44. The van der Waals surface area contributed by atoms with Crippen molar-refractivity contribution in [3.63, 3.8) is 0 Å². The highest BCUT2D eigenvalue weighted by molar-refractivity contribution is 9.10. The number of methoxy groups -OCH3 is 1. The number of benzene rings is 1. The number of halogens is 4. The van der Waals surface area contributed by atoms with Crippen molar-refractivity contribution in [2.45, 2.75) is 32.0 Å². The van der Waals surface area contributed by atoms with Crippen LogP contribution >= 0.6 is 15.9 Å². The SMILES string of the molecule is COc1cc(Br)ccc1OC(=O)CCC(=O)OC(C)C(F)(F)F. The van der Waals surface area contributed by atoms with E-state index in [4.69, 9.17) is 9.47 Å². The Hall–Kier alpha value is -1.77. The van der Waals surface area contributed by atoms with Crippen molar-refractivity contribution in [3.05, 3.63) is 22.7 Å². The Morgan fingerprint density at radius 2 is 1.78 bits per heavy atom. The Labute approximate surface area is 138 Å². The molecule has 5 nitrogen and oxygen atoms in total. The molecule has 0 aliphatic carbocycles. The zero-order chi connectivity index (χ0) is 17.6. The summed E-state index contributed by atoms with van der Waals surface area (Å²) >= 11 is 3.22. The van der Waals surface area contributed by atoms with Crippen LogP contribution in [0, 0.1) is 0 Å². The average molecular weight is 399 g/mol. The van der Waals surface area contributed by atoms with E-state index in [0.717, 1.165) is 0 Å².